The molecule has 1 aliphatic rings. The Balaban J connectivity index is 0.000000159. The summed E-state index contributed by atoms with van der Waals surface area (Å²) in [5, 5.41) is 6.85. The first-order valence-electron chi connectivity index (χ1n) is 27.6. The molecule has 1 unspecified atom stereocenters. The van der Waals surface area contributed by atoms with Gasteiger partial charge < -0.3 is 24.8 Å². The lowest BCUT2D eigenvalue weighted by atomic mass is 9.98. The van der Waals surface area contributed by atoms with Gasteiger partial charge in [0, 0.05) is 12.4 Å². The van der Waals surface area contributed by atoms with E-state index in [-0.39, 0.29) is 48.1 Å². The Kier molecular flexibility index (Phi) is 21.7. The third-order valence-electron chi connectivity index (χ3n) is 13.5. The van der Waals surface area contributed by atoms with Gasteiger partial charge in [-0.25, -0.2) is 9.59 Å². The first-order chi connectivity index (χ1) is 39.9. The fraction of sp³-hybridized carbons (Fsp3) is 0.153. The number of nitrogens with one attached hydrogen (secondary N) is 2. The average molecular weight is 1070 g/mol. The number of benzene rings is 9. The number of nitrogens with zero attached hydrogens (tertiary/aromatic N) is 1. The van der Waals surface area contributed by atoms with Crippen molar-refractivity contribution in [2.75, 3.05) is 19.8 Å². The number of rotatable bonds is 20. The summed E-state index contributed by atoms with van der Waals surface area (Å²) < 4.78 is 15.9. The zero-order chi connectivity index (χ0) is 56.4. The van der Waals surface area contributed by atoms with Crippen molar-refractivity contribution in [1.82, 2.24) is 15.5 Å². The van der Waals surface area contributed by atoms with Crippen molar-refractivity contribution in [3.05, 3.63) is 335 Å². The van der Waals surface area contributed by atoms with Gasteiger partial charge in [-0.05, 0) is 70.8 Å². The van der Waals surface area contributed by atoms with Crippen molar-refractivity contribution in [2.24, 2.45) is 0 Å². The smallest absolute Gasteiger partial charge is 0.340 e. The molecule has 0 aliphatic carbocycles. The van der Waals surface area contributed by atoms with Crippen LogP contribution in [-0.2, 0) is 28.6 Å². The summed E-state index contributed by atoms with van der Waals surface area (Å²) in [6.07, 6.45) is 3.52. The number of carbonyl (C=O) groups excluding carboxylic acids is 3. The molecule has 3 atom stereocenters. The van der Waals surface area contributed by atoms with Gasteiger partial charge in [-0.3, -0.25) is 9.69 Å². The second-order valence-electron chi connectivity index (χ2n) is 18.9. The van der Waals surface area contributed by atoms with Crippen LogP contribution < -0.4 is 10.6 Å². The molecule has 408 valence electrons. The summed E-state index contributed by atoms with van der Waals surface area (Å²) in [5.41, 5.74) is 10.6. The van der Waals surface area contributed by atoms with E-state index in [0.717, 1.165) is 38.9 Å². The molecule has 0 saturated carbocycles. The first-order valence-corrected chi connectivity index (χ1v) is 27.6. The molecule has 0 bridgehead atoms. The van der Waals surface area contributed by atoms with Crippen LogP contribution in [0.4, 0.5) is 0 Å². The Bertz CT molecular complexity index is 3080. The van der Waals surface area contributed by atoms with Crippen LogP contribution in [0, 0.1) is 0 Å². The molecule has 1 saturated heterocycles. The quantitative estimate of drug-likeness (QED) is 0.0334. The Morgan fingerprint density at radius 1 is 0.383 bits per heavy atom. The number of carbonyl (C=O) groups is 3. The standard InChI is InChI=1S/3C24H23NO2/c1-2-27-24(26)23-22(20-16-10-5-11-17-20)25(23)21(18-12-6-3-7-13-18)19-14-8-4-9-15-19;2*1-2-27-24(26)22(19-12-6-3-7-13-19)18-25-23(20-14-8-4-9-15-20)21-16-10-5-11-17-21/h3-17,21-23H,2H2,1H3;2*3-18,23,25H,2H2,1H3/b;22-18+;22-18-/t22-,23-,25?;;/m1../s1. The van der Waals surface area contributed by atoms with Crippen molar-refractivity contribution in [3.8, 4) is 0 Å². The Hall–Kier alpha value is -9.57. The summed E-state index contributed by atoms with van der Waals surface area (Å²) in [5.74, 6) is -0.824. The second-order valence-corrected chi connectivity index (χ2v) is 18.9. The molecular formula is C72H69N3O6. The molecule has 1 aliphatic heterocycles. The maximum atomic E-state index is 12.7. The lowest BCUT2D eigenvalue weighted by Crippen LogP contribution is -2.20. The van der Waals surface area contributed by atoms with Gasteiger partial charge in [0.1, 0.15) is 6.04 Å². The topological polar surface area (TPSA) is 106 Å². The molecule has 0 aromatic heterocycles. The van der Waals surface area contributed by atoms with E-state index in [9.17, 15) is 14.4 Å². The molecule has 9 aromatic rings. The molecule has 2 N–H and O–H groups in total. The van der Waals surface area contributed by atoms with Gasteiger partial charge in [0.25, 0.3) is 0 Å². The average Bonchev–Trinajstić information content (AvgIpc) is 4.30. The molecule has 0 amide bonds. The van der Waals surface area contributed by atoms with Gasteiger partial charge in [-0.15, -0.1) is 0 Å². The normalized spacial score (nSPS) is 14.5. The van der Waals surface area contributed by atoms with Crippen molar-refractivity contribution in [1.29, 1.82) is 0 Å². The van der Waals surface area contributed by atoms with Gasteiger partial charge in [0.15, 0.2) is 0 Å². The monoisotopic (exact) mass is 1070 g/mol. The number of hydrogen-bond acceptors (Lipinski definition) is 9. The van der Waals surface area contributed by atoms with E-state index in [1.165, 1.54) is 11.1 Å². The summed E-state index contributed by atoms with van der Waals surface area (Å²) in [7, 11) is 0. The van der Waals surface area contributed by atoms with Crippen LogP contribution in [-0.4, -0.2) is 48.7 Å². The highest BCUT2D eigenvalue weighted by molar-refractivity contribution is 6.17. The van der Waals surface area contributed by atoms with Gasteiger partial charge >= 0.3 is 17.9 Å². The van der Waals surface area contributed by atoms with E-state index in [2.05, 4.69) is 100 Å². The molecular weight excluding hydrogens is 1000 g/mol. The minimum absolute atomic E-state index is 0.00649. The Morgan fingerprint density at radius 3 is 0.951 bits per heavy atom. The summed E-state index contributed by atoms with van der Waals surface area (Å²) >= 11 is 0. The molecule has 9 nitrogen and oxygen atoms in total. The maximum Gasteiger partial charge on any atom is 0.340 e. The molecule has 0 spiro atoms. The van der Waals surface area contributed by atoms with Crippen molar-refractivity contribution < 1.29 is 28.6 Å². The summed E-state index contributed by atoms with van der Waals surface area (Å²) in [6, 6.07) is 90.4. The first kappa shape index (κ1) is 57.6. The zero-order valence-corrected chi connectivity index (χ0v) is 46.0. The minimum Gasteiger partial charge on any atom is -0.465 e. The SMILES string of the molecule is CCOC(=O)/C(=C/NC(c1ccccc1)c1ccccc1)c1ccccc1.CCOC(=O)/C(=C\NC(c1ccccc1)c1ccccc1)c1ccccc1.CCOC(=O)[C@H]1[C@@H](c2ccccc2)N1C(c1ccccc1)c1ccccc1. The lowest BCUT2D eigenvalue weighted by molar-refractivity contribution is -0.143. The van der Waals surface area contributed by atoms with Gasteiger partial charge in [-0.1, -0.05) is 273 Å². The Morgan fingerprint density at radius 2 is 0.654 bits per heavy atom. The molecule has 9 aromatic carbocycles. The summed E-state index contributed by atoms with van der Waals surface area (Å²) in [4.78, 5) is 40.0. The van der Waals surface area contributed by atoms with Crippen LogP contribution in [0.2, 0.25) is 0 Å². The molecule has 1 heterocycles. The highest BCUT2D eigenvalue weighted by atomic mass is 16.5. The lowest BCUT2D eigenvalue weighted by Gasteiger charge is -2.21. The van der Waals surface area contributed by atoms with Crippen LogP contribution in [0.15, 0.2) is 285 Å². The fourth-order valence-corrected chi connectivity index (χ4v) is 9.72. The number of hydrogen-bond donors (Lipinski definition) is 2. The molecule has 10 rings (SSSR count). The number of esters is 3. The van der Waals surface area contributed by atoms with Gasteiger partial charge in [0.2, 0.25) is 0 Å². The van der Waals surface area contributed by atoms with Gasteiger partial charge in [-0.2, -0.15) is 0 Å². The molecule has 1 fully saturated rings. The summed E-state index contributed by atoms with van der Waals surface area (Å²) in [6.45, 7) is 6.54. The van der Waals surface area contributed by atoms with Crippen LogP contribution in [0.3, 0.4) is 0 Å². The molecule has 0 radical (unpaired) electrons. The largest absolute Gasteiger partial charge is 0.465 e. The van der Waals surface area contributed by atoms with Crippen molar-refractivity contribution >= 4 is 29.1 Å². The van der Waals surface area contributed by atoms with E-state index in [4.69, 9.17) is 14.2 Å². The van der Waals surface area contributed by atoms with E-state index in [0.29, 0.717) is 31.0 Å². The zero-order valence-electron chi connectivity index (χ0n) is 46.0. The van der Waals surface area contributed by atoms with Crippen LogP contribution in [0.25, 0.3) is 11.1 Å². The predicted octanol–water partition coefficient (Wildman–Crippen LogP) is 14.7. The van der Waals surface area contributed by atoms with E-state index >= 15 is 0 Å². The Labute approximate surface area is 477 Å². The van der Waals surface area contributed by atoms with E-state index in [1.54, 1.807) is 12.4 Å². The maximum absolute atomic E-state index is 12.7. The van der Waals surface area contributed by atoms with Crippen LogP contribution in [0.1, 0.15) is 95.0 Å². The van der Waals surface area contributed by atoms with Gasteiger partial charge in [0.05, 0.1) is 55.1 Å². The number of ether oxygens (including phenoxy) is 3. The second kappa shape index (κ2) is 30.5. The molecule has 9 heteroatoms. The van der Waals surface area contributed by atoms with E-state index < -0.39 is 0 Å². The van der Waals surface area contributed by atoms with Crippen LogP contribution >= 0.6 is 0 Å². The van der Waals surface area contributed by atoms with Crippen molar-refractivity contribution in [2.45, 2.75) is 51.0 Å². The highest BCUT2D eigenvalue weighted by Crippen LogP contribution is 2.52. The van der Waals surface area contributed by atoms with Crippen molar-refractivity contribution in [3.63, 3.8) is 0 Å². The van der Waals surface area contributed by atoms with E-state index in [1.807, 2.05) is 209 Å². The predicted molar refractivity (Wildman–Crippen MR) is 324 cm³/mol. The third-order valence-corrected chi connectivity index (χ3v) is 13.5. The minimum atomic E-state index is -0.337. The highest BCUT2D eigenvalue weighted by Gasteiger charge is 2.58. The van der Waals surface area contributed by atoms with Crippen LogP contribution in [0.5, 0.6) is 0 Å². The third kappa shape index (κ3) is 16.0. The fourth-order valence-electron chi connectivity index (χ4n) is 9.72. The molecule has 81 heavy (non-hydrogen) atoms.